The Kier molecular flexibility index (Phi) is 8.66. The molecule has 0 fully saturated rings. The molecule has 4 nitrogen and oxygen atoms in total. The smallest absolute Gasteiger partial charge is 0.149 e. The fraction of sp³-hybridized carbons (Fsp3) is 0.323. The van der Waals surface area contributed by atoms with Crippen LogP contribution in [0.1, 0.15) is 157 Å². The third-order valence-electron chi connectivity index (χ3n) is 12.5. The first kappa shape index (κ1) is 33.2. The number of phenols is 1. The normalized spacial score (nSPS) is 15.5. The number of aromatic nitrogens is 3. The van der Waals surface area contributed by atoms with E-state index in [1.54, 1.807) is 12.1 Å². The molecule has 0 unspecified atom stereocenters. The molecule has 66 heavy (non-hydrogen) atoms. The molecule has 0 atom stereocenters. The van der Waals surface area contributed by atoms with Crippen LogP contribution < -0.4 is 0 Å². The summed E-state index contributed by atoms with van der Waals surface area (Å²) in [5.74, 6) is 0.319. The average Bonchev–Trinajstić information content (AvgIpc) is 3.78. The van der Waals surface area contributed by atoms with Gasteiger partial charge in [-0.1, -0.05) is 168 Å². The van der Waals surface area contributed by atoms with Gasteiger partial charge in [0.15, 0.2) is 0 Å². The SMILES string of the molecule is [2H]c1cc(-c2c([2H])c([2H])nc(-c3cc(-c4cccc5c4nc(-c4cc(C(C)C)cc(C(C)C)c4O)n5-c4ccc(-c5cc(C(C)(C)C)cc(C(C)(C)C)c5)cc4C([2H])([2H])[2H])cc(C(C)(C)C)c3)c2[2H])c([2H])c([2H])c1C([2H])([2H])[2H]. The molecule has 0 saturated heterocycles. The Morgan fingerprint density at radius 2 is 1.27 bits per heavy atom. The summed E-state index contributed by atoms with van der Waals surface area (Å²) in [7, 11) is 0. The minimum Gasteiger partial charge on any atom is -0.507 e. The molecule has 2 aromatic heterocycles. The zero-order valence-electron chi connectivity index (χ0n) is 52.6. The van der Waals surface area contributed by atoms with Gasteiger partial charge in [-0.25, -0.2) is 4.98 Å². The number of fused-ring (bicyclic) bond motifs is 1. The summed E-state index contributed by atoms with van der Waals surface area (Å²) < 4.78 is 107. The van der Waals surface area contributed by atoms with Crippen LogP contribution in [0.4, 0.5) is 0 Å². The van der Waals surface area contributed by atoms with Crippen LogP contribution in [0.3, 0.4) is 0 Å². The second-order valence-corrected chi connectivity index (χ2v) is 21.4. The molecule has 338 valence electrons. The van der Waals surface area contributed by atoms with Gasteiger partial charge in [-0.3, -0.25) is 9.55 Å². The Labute approximate surface area is 411 Å². The van der Waals surface area contributed by atoms with Crippen molar-refractivity contribution >= 4 is 11.0 Å². The standard InChI is InChI=1S/C62H69N3O/c1-37(2)44-33-52(38(3)4)58(66)53(34-44)59-64-57-51(46-28-47(32-48(31-46)60(7,8)9)54-35-43(25-26-63-54)41-21-19-39(5)20-22-41)17-16-18-56(57)65(59)55-24-23-42(27-40(55)6)45-29-49(61(10,11)12)36-50(30-45)62(13,14)15/h16-38,66H,1-15H3/i5D3,6D3,19D,20D,21D,25D,26D,35D. The quantitative estimate of drug-likeness (QED) is 0.165. The van der Waals surface area contributed by atoms with Gasteiger partial charge in [0.1, 0.15) is 11.6 Å². The highest BCUT2D eigenvalue weighted by Gasteiger charge is 2.26. The number of aromatic hydroxyl groups is 1. The molecule has 0 aliphatic heterocycles. The van der Waals surface area contributed by atoms with E-state index >= 15 is 0 Å². The number of hydrogen-bond donors (Lipinski definition) is 1. The molecule has 2 heterocycles. The Bertz CT molecular complexity index is 3660. The number of aryl methyl sites for hydroxylation is 1. The minimum absolute atomic E-state index is 0.0178. The first-order valence-electron chi connectivity index (χ1n) is 28.9. The summed E-state index contributed by atoms with van der Waals surface area (Å²) in [6.45, 7) is 21.8. The number of benzene rings is 6. The van der Waals surface area contributed by atoms with Crippen molar-refractivity contribution in [2.45, 2.75) is 132 Å². The number of pyridine rings is 1. The fourth-order valence-corrected chi connectivity index (χ4v) is 8.37. The second kappa shape index (κ2) is 17.2. The van der Waals surface area contributed by atoms with Crippen molar-refractivity contribution in [3.8, 4) is 67.5 Å². The van der Waals surface area contributed by atoms with E-state index in [9.17, 15) is 6.48 Å². The van der Waals surface area contributed by atoms with Crippen molar-refractivity contribution in [2.75, 3.05) is 0 Å². The first-order chi connectivity index (χ1) is 35.9. The second-order valence-electron chi connectivity index (χ2n) is 21.4. The van der Waals surface area contributed by atoms with Crippen molar-refractivity contribution in [1.82, 2.24) is 14.5 Å². The number of hydrogen-bond acceptors (Lipinski definition) is 3. The van der Waals surface area contributed by atoms with Crippen molar-refractivity contribution in [3.63, 3.8) is 0 Å². The van der Waals surface area contributed by atoms with Crippen LogP contribution in [-0.2, 0) is 16.2 Å². The molecular formula is C62H69N3O. The van der Waals surface area contributed by atoms with Gasteiger partial charge in [0.25, 0.3) is 0 Å². The maximum Gasteiger partial charge on any atom is 0.149 e. The highest BCUT2D eigenvalue weighted by atomic mass is 16.3. The summed E-state index contributed by atoms with van der Waals surface area (Å²) in [6.07, 6.45) is -0.529. The summed E-state index contributed by atoms with van der Waals surface area (Å²) >= 11 is 0. The van der Waals surface area contributed by atoms with Crippen LogP contribution in [0.5, 0.6) is 5.75 Å². The number of nitrogens with zero attached hydrogens (tertiary/aromatic N) is 3. The van der Waals surface area contributed by atoms with Crippen molar-refractivity contribution in [3.05, 3.63) is 166 Å². The molecule has 0 bridgehead atoms. The lowest BCUT2D eigenvalue weighted by Crippen LogP contribution is -2.16. The summed E-state index contributed by atoms with van der Waals surface area (Å²) in [6, 6.07) is 25.6. The van der Waals surface area contributed by atoms with Gasteiger partial charge in [-0.15, -0.1) is 0 Å². The molecule has 0 aliphatic carbocycles. The lowest BCUT2D eigenvalue weighted by Gasteiger charge is -2.26. The van der Waals surface area contributed by atoms with Gasteiger partial charge in [-0.05, 0) is 151 Å². The monoisotopic (exact) mass is 884 g/mol. The molecule has 8 aromatic rings. The van der Waals surface area contributed by atoms with Gasteiger partial charge in [0, 0.05) is 25.5 Å². The van der Waals surface area contributed by atoms with Crippen LogP contribution in [0.25, 0.3) is 72.7 Å². The maximum atomic E-state index is 12.4. The lowest BCUT2D eigenvalue weighted by atomic mass is 9.79. The van der Waals surface area contributed by atoms with E-state index in [-0.39, 0.29) is 56.8 Å². The Hall–Kier alpha value is -6.26. The van der Waals surface area contributed by atoms with Crippen molar-refractivity contribution < 1.29 is 21.6 Å². The van der Waals surface area contributed by atoms with E-state index in [1.807, 2.05) is 93.8 Å². The third kappa shape index (κ3) is 9.12. The predicted octanol–water partition coefficient (Wildman–Crippen LogP) is 17.2. The van der Waals surface area contributed by atoms with E-state index in [2.05, 4.69) is 78.6 Å². The van der Waals surface area contributed by atoms with E-state index in [0.717, 1.165) is 39.4 Å². The van der Waals surface area contributed by atoms with Crippen LogP contribution in [0.2, 0.25) is 0 Å². The van der Waals surface area contributed by atoms with Crippen LogP contribution in [0.15, 0.2) is 127 Å². The molecule has 0 amide bonds. The first-order valence-corrected chi connectivity index (χ1v) is 22.9. The van der Waals surface area contributed by atoms with E-state index in [1.165, 1.54) is 0 Å². The van der Waals surface area contributed by atoms with Crippen LogP contribution in [0, 0.1) is 13.7 Å². The summed E-state index contributed by atoms with van der Waals surface area (Å²) in [4.78, 5) is 9.91. The predicted molar refractivity (Wildman–Crippen MR) is 281 cm³/mol. The molecule has 6 aromatic carbocycles. The largest absolute Gasteiger partial charge is 0.507 e. The lowest BCUT2D eigenvalue weighted by molar-refractivity contribution is 0.466. The molecule has 0 saturated carbocycles. The van der Waals surface area contributed by atoms with Gasteiger partial charge < -0.3 is 5.11 Å². The number of phenolic OH excluding ortho intramolecular Hbond substituents is 1. The van der Waals surface area contributed by atoms with Crippen LogP contribution in [-0.4, -0.2) is 19.6 Å². The molecule has 0 aliphatic rings. The molecular weight excluding hydrogens is 803 g/mol. The van der Waals surface area contributed by atoms with Gasteiger partial charge in [-0.2, -0.15) is 0 Å². The molecule has 1 N–H and O–H groups in total. The Morgan fingerprint density at radius 1 is 0.591 bits per heavy atom. The fourth-order valence-electron chi connectivity index (χ4n) is 8.37. The zero-order valence-corrected chi connectivity index (χ0v) is 40.6. The average molecular weight is 884 g/mol. The Morgan fingerprint density at radius 3 is 1.92 bits per heavy atom. The molecule has 0 radical (unpaired) electrons. The maximum absolute atomic E-state index is 12.4. The Balaban J connectivity index is 1.45. The van der Waals surface area contributed by atoms with Crippen molar-refractivity contribution in [2.24, 2.45) is 0 Å². The number of rotatable bonds is 8. The topological polar surface area (TPSA) is 50.9 Å². The van der Waals surface area contributed by atoms with Gasteiger partial charge >= 0.3 is 0 Å². The summed E-state index contributed by atoms with van der Waals surface area (Å²) in [5, 5.41) is 12.4. The van der Waals surface area contributed by atoms with E-state index in [0.29, 0.717) is 50.4 Å². The molecule has 8 rings (SSSR count). The van der Waals surface area contributed by atoms with E-state index in [4.69, 9.17) is 20.1 Å². The third-order valence-corrected chi connectivity index (χ3v) is 12.5. The highest BCUT2D eigenvalue weighted by molar-refractivity contribution is 5.97. The van der Waals surface area contributed by atoms with Gasteiger partial charge in [0.2, 0.25) is 0 Å². The number of imidazole rings is 1. The van der Waals surface area contributed by atoms with Crippen LogP contribution >= 0.6 is 0 Å². The number of para-hydroxylation sites is 1. The van der Waals surface area contributed by atoms with Crippen molar-refractivity contribution in [1.29, 1.82) is 0 Å². The van der Waals surface area contributed by atoms with Gasteiger partial charge in [0.05, 0.1) is 36.2 Å². The molecule has 4 heteroatoms. The highest BCUT2D eigenvalue weighted by Crippen LogP contribution is 2.44. The zero-order chi connectivity index (χ0) is 57.8. The minimum atomic E-state index is -2.86. The van der Waals surface area contributed by atoms with E-state index < -0.39 is 55.0 Å². The summed E-state index contributed by atoms with van der Waals surface area (Å²) in [5.41, 5.74) is 7.86. The molecule has 0 spiro atoms.